The number of rotatable bonds is 0. The van der Waals surface area contributed by atoms with Crippen molar-refractivity contribution in [3.8, 4) is 0 Å². The zero-order chi connectivity index (χ0) is 6.97. The quantitative estimate of drug-likeness (QED) is 0.498. The van der Waals surface area contributed by atoms with Gasteiger partial charge in [-0.25, -0.2) is 0 Å². The van der Waals surface area contributed by atoms with Gasteiger partial charge in [-0.3, -0.25) is 9.79 Å². The minimum atomic E-state index is -0.0839. The zero-order valence-electron chi connectivity index (χ0n) is 5.29. The predicted molar refractivity (Wildman–Crippen MR) is 37.7 cm³/mol. The molecule has 0 aromatic heterocycles. The summed E-state index contributed by atoms with van der Waals surface area (Å²) in [5.41, 5.74) is 1.47. The molecule has 0 saturated carbocycles. The molecule has 0 spiro atoms. The molecule has 3 nitrogen and oxygen atoms in total. The molecule has 1 amide bonds. The van der Waals surface area contributed by atoms with E-state index in [1.807, 2.05) is 12.2 Å². The van der Waals surface area contributed by atoms with Crippen LogP contribution in [0.2, 0.25) is 0 Å². The van der Waals surface area contributed by atoms with Gasteiger partial charge in [0.2, 0.25) is 0 Å². The van der Waals surface area contributed by atoms with Gasteiger partial charge in [-0.2, -0.15) is 0 Å². The van der Waals surface area contributed by atoms with E-state index in [4.69, 9.17) is 0 Å². The summed E-state index contributed by atoms with van der Waals surface area (Å²) in [6, 6.07) is 0. The molecule has 2 aliphatic rings. The molecular formula is C7H6N2O. The third-order valence-corrected chi connectivity index (χ3v) is 1.50. The molecule has 0 aromatic rings. The van der Waals surface area contributed by atoms with Crippen molar-refractivity contribution in [1.29, 1.82) is 0 Å². The van der Waals surface area contributed by atoms with Crippen LogP contribution in [0.4, 0.5) is 0 Å². The Morgan fingerprint density at radius 3 is 3.30 bits per heavy atom. The van der Waals surface area contributed by atoms with Gasteiger partial charge in [0, 0.05) is 11.8 Å². The van der Waals surface area contributed by atoms with Crippen LogP contribution in [0.25, 0.3) is 0 Å². The highest BCUT2D eigenvalue weighted by Gasteiger charge is 2.20. The topological polar surface area (TPSA) is 41.5 Å². The first-order valence-electron chi connectivity index (χ1n) is 3.10. The van der Waals surface area contributed by atoms with Gasteiger partial charge < -0.3 is 5.32 Å². The van der Waals surface area contributed by atoms with Gasteiger partial charge in [0.15, 0.2) is 0 Å². The van der Waals surface area contributed by atoms with Crippen LogP contribution in [0.5, 0.6) is 0 Å². The molecule has 0 saturated heterocycles. The zero-order valence-corrected chi connectivity index (χ0v) is 5.29. The molecule has 0 radical (unpaired) electrons. The lowest BCUT2D eigenvalue weighted by molar-refractivity contribution is -0.113. The minimum absolute atomic E-state index is 0.0839. The fourth-order valence-corrected chi connectivity index (χ4v) is 1.02. The van der Waals surface area contributed by atoms with E-state index in [-0.39, 0.29) is 5.91 Å². The van der Waals surface area contributed by atoms with Crippen molar-refractivity contribution in [3.63, 3.8) is 0 Å². The number of nitrogens with zero attached hydrogens (tertiary/aromatic N) is 1. The second-order valence-corrected chi connectivity index (χ2v) is 2.16. The molecule has 0 bridgehead atoms. The maximum absolute atomic E-state index is 10.9. The van der Waals surface area contributed by atoms with Gasteiger partial charge in [-0.1, -0.05) is 12.2 Å². The Kier molecular flexibility index (Phi) is 0.974. The van der Waals surface area contributed by atoms with Crippen LogP contribution >= 0.6 is 0 Å². The van der Waals surface area contributed by atoms with Crippen molar-refractivity contribution in [3.05, 3.63) is 23.9 Å². The number of aliphatic imine (C=N–C) groups is 1. The minimum Gasteiger partial charge on any atom is -0.327 e. The van der Waals surface area contributed by atoms with Crippen molar-refractivity contribution >= 4 is 11.6 Å². The Labute approximate surface area is 58.1 Å². The molecule has 1 N–H and O–H groups in total. The van der Waals surface area contributed by atoms with E-state index < -0.39 is 0 Å². The van der Waals surface area contributed by atoms with Crippen LogP contribution in [0.15, 0.2) is 28.9 Å². The summed E-state index contributed by atoms with van der Waals surface area (Å²) in [7, 11) is 0. The van der Waals surface area contributed by atoms with Gasteiger partial charge in [-0.05, 0) is 0 Å². The van der Waals surface area contributed by atoms with Crippen LogP contribution in [0.3, 0.4) is 0 Å². The number of allylic oxidation sites excluding steroid dienone is 1. The van der Waals surface area contributed by atoms with Crippen molar-refractivity contribution in [2.45, 2.75) is 0 Å². The van der Waals surface area contributed by atoms with Gasteiger partial charge in [-0.15, -0.1) is 0 Å². The number of dihydropyridines is 1. The van der Waals surface area contributed by atoms with E-state index in [0.29, 0.717) is 12.3 Å². The van der Waals surface area contributed by atoms with Crippen LogP contribution in [-0.4, -0.2) is 18.2 Å². The summed E-state index contributed by atoms with van der Waals surface area (Å²) in [5, 5.41) is 2.58. The second-order valence-electron chi connectivity index (χ2n) is 2.16. The summed E-state index contributed by atoms with van der Waals surface area (Å²) >= 11 is 0. The van der Waals surface area contributed by atoms with Crippen LogP contribution in [-0.2, 0) is 4.79 Å². The molecule has 3 heteroatoms. The van der Waals surface area contributed by atoms with E-state index in [0.717, 1.165) is 5.57 Å². The molecule has 0 unspecified atom stereocenters. The predicted octanol–water partition coefficient (Wildman–Crippen LogP) is 0.0109. The Bertz CT molecular complexity index is 273. The van der Waals surface area contributed by atoms with E-state index in [1.54, 1.807) is 6.20 Å². The fraction of sp³-hybridized carbons (Fsp3) is 0.143. The summed E-state index contributed by atoms with van der Waals surface area (Å²) in [6.45, 7) is 0.625. The number of amides is 1. The Morgan fingerprint density at radius 2 is 2.50 bits per heavy atom. The smallest absolute Gasteiger partial charge is 0.274 e. The molecule has 2 rings (SSSR count). The standard InChI is InChI=1S/C7H6N2O/c10-7-6-5(4-9-7)2-1-3-8-6/h1-2,4H,3H2,(H,9,10). The average Bonchev–Trinajstić information content (AvgIpc) is 2.34. The molecule has 2 heterocycles. The van der Waals surface area contributed by atoms with Gasteiger partial charge in [0.25, 0.3) is 5.91 Å². The molecule has 2 aliphatic heterocycles. The fourth-order valence-electron chi connectivity index (χ4n) is 1.02. The van der Waals surface area contributed by atoms with Crippen LogP contribution in [0.1, 0.15) is 0 Å². The highest BCUT2D eigenvalue weighted by atomic mass is 16.2. The molecular weight excluding hydrogens is 128 g/mol. The first kappa shape index (κ1) is 5.41. The van der Waals surface area contributed by atoms with Gasteiger partial charge in [0.1, 0.15) is 5.71 Å². The Balaban J connectivity index is 2.44. The number of carbonyl (C=O) groups excluding carboxylic acids is 1. The van der Waals surface area contributed by atoms with Crippen LogP contribution in [0, 0.1) is 0 Å². The van der Waals surface area contributed by atoms with Crippen molar-refractivity contribution in [2.75, 3.05) is 6.54 Å². The van der Waals surface area contributed by atoms with E-state index in [2.05, 4.69) is 10.3 Å². The Hall–Kier alpha value is -1.38. The normalized spacial score (nSPS) is 21.4. The Morgan fingerprint density at radius 1 is 1.60 bits per heavy atom. The maximum Gasteiger partial charge on any atom is 0.274 e. The molecule has 0 aliphatic carbocycles. The molecule has 10 heavy (non-hydrogen) atoms. The summed E-state index contributed by atoms with van der Waals surface area (Å²) < 4.78 is 0. The highest BCUT2D eigenvalue weighted by Crippen LogP contribution is 2.09. The first-order valence-corrected chi connectivity index (χ1v) is 3.10. The lowest BCUT2D eigenvalue weighted by Gasteiger charge is -1.99. The first-order chi connectivity index (χ1) is 4.88. The maximum atomic E-state index is 10.9. The molecule has 0 atom stereocenters. The largest absolute Gasteiger partial charge is 0.327 e. The molecule has 0 aromatic carbocycles. The van der Waals surface area contributed by atoms with Crippen molar-refractivity contribution < 1.29 is 4.79 Å². The van der Waals surface area contributed by atoms with E-state index in [9.17, 15) is 4.79 Å². The summed E-state index contributed by atoms with van der Waals surface area (Å²) in [6.07, 6.45) is 5.51. The van der Waals surface area contributed by atoms with Crippen molar-refractivity contribution in [2.24, 2.45) is 4.99 Å². The van der Waals surface area contributed by atoms with Gasteiger partial charge >= 0.3 is 0 Å². The highest BCUT2D eigenvalue weighted by molar-refractivity contribution is 6.48. The lowest BCUT2D eigenvalue weighted by atomic mass is 10.1. The monoisotopic (exact) mass is 134 g/mol. The summed E-state index contributed by atoms with van der Waals surface area (Å²) in [4.78, 5) is 14.9. The number of hydrogen-bond acceptors (Lipinski definition) is 2. The van der Waals surface area contributed by atoms with Crippen LogP contribution < -0.4 is 5.32 Å². The average molecular weight is 134 g/mol. The molecule has 0 fully saturated rings. The van der Waals surface area contributed by atoms with Crippen molar-refractivity contribution in [1.82, 2.24) is 5.32 Å². The number of hydrogen-bond donors (Lipinski definition) is 1. The van der Waals surface area contributed by atoms with Gasteiger partial charge in [0.05, 0.1) is 6.54 Å². The molecule has 50 valence electrons. The third-order valence-electron chi connectivity index (χ3n) is 1.50. The number of nitrogens with one attached hydrogen (secondary N) is 1. The number of carbonyl (C=O) groups is 1. The number of fused-ring (bicyclic) bond motifs is 1. The lowest BCUT2D eigenvalue weighted by Crippen LogP contribution is -2.20. The summed E-state index contributed by atoms with van der Waals surface area (Å²) in [5.74, 6) is -0.0839. The SMILES string of the molecule is O=C1NC=C2C=CCN=C12. The second kappa shape index (κ2) is 1.80. The van der Waals surface area contributed by atoms with E-state index >= 15 is 0 Å². The van der Waals surface area contributed by atoms with E-state index in [1.165, 1.54) is 0 Å². The third kappa shape index (κ3) is 0.603.